The highest BCUT2D eigenvalue weighted by Crippen LogP contribution is 2.69. The summed E-state index contributed by atoms with van der Waals surface area (Å²) in [5, 5.41) is 15.4. The zero-order valence-corrected chi connectivity index (χ0v) is 9.36. The lowest BCUT2D eigenvalue weighted by Gasteiger charge is -2.06. The molecule has 0 bridgehead atoms. The molecule has 4 rings (SSSR count). The first kappa shape index (κ1) is 8.61. The van der Waals surface area contributed by atoms with Crippen LogP contribution in [0.25, 0.3) is 0 Å². The average molecular weight is 215 g/mol. The van der Waals surface area contributed by atoms with Crippen LogP contribution in [-0.2, 0) is 6.42 Å². The largest absolute Gasteiger partial charge is 0.274 e. The lowest BCUT2D eigenvalue weighted by atomic mass is 9.98. The Labute approximate surface area is 93.1 Å². The number of nitrogens with zero attached hydrogens (tertiary/aromatic N) is 4. The van der Waals surface area contributed by atoms with Crippen molar-refractivity contribution in [2.24, 2.45) is 26.6 Å². The number of hydrogen-bond acceptors (Lipinski definition) is 4. The molecular weight excluding hydrogens is 202 g/mol. The molecule has 2 heterocycles. The van der Waals surface area contributed by atoms with Crippen molar-refractivity contribution in [3.05, 3.63) is 17.0 Å². The van der Waals surface area contributed by atoms with Gasteiger partial charge in [0.05, 0.1) is 5.69 Å². The van der Waals surface area contributed by atoms with Crippen molar-refractivity contribution in [2.75, 3.05) is 6.67 Å². The number of fused-ring (bicyclic) bond motifs is 3. The number of H-pyrrole nitrogens is 1. The quantitative estimate of drug-likeness (QED) is 0.763. The van der Waals surface area contributed by atoms with Gasteiger partial charge in [0.15, 0.2) is 12.5 Å². The van der Waals surface area contributed by atoms with Gasteiger partial charge in [-0.05, 0) is 17.8 Å². The van der Waals surface area contributed by atoms with E-state index in [2.05, 4.69) is 39.3 Å². The maximum absolute atomic E-state index is 4.45. The smallest absolute Gasteiger partial charge is 0.197 e. The third kappa shape index (κ3) is 0.831. The third-order valence-corrected chi connectivity index (χ3v) is 4.34. The summed E-state index contributed by atoms with van der Waals surface area (Å²) in [6, 6.07) is 0. The van der Waals surface area contributed by atoms with Crippen molar-refractivity contribution in [2.45, 2.75) is 26.2 Å². The van der Waals surface area contributed by atoms with Crippen molar-refractivity contribution in [1.29, 1.82) is 0 Å². The van der Waals surface area contributed by atoms with Crippen LogP contribution in [0.3, 0.4) is 0 Å². The van der Waals surface area contributed by atoms with Crippen LogP contribution < -0.4 is 0 Å². The summed E-state index contributed by atoms with van der Waals surface area (Å²) in [5.74, 6) is 2.15. The Balaban J connectivity index is 1.79. The third-order valence-electron chi connectivity index (χ3n) is 4.34. The maximum Gasteiger partial charge on any atom is 0.197 e. The summed E-state index contributed by atoms with van der Waals surface area (Å²) in [7, 11) is 0. The molecule has 5 nitrogen and oxygen atoms in total. The van der Waals surface area contributed by atoms with Gasteiger partial charge in [-0.3, -0.25) is 5.10 Å². The highest BCUT2D eigenvalue weighted by Gasteiger charge is 2.64. The van der Waals surface area contributed by atoms with Crippen LogP contribution in [-0.4, -0.2) is 22.7 Å². The van der Waals surface area contributed by atoms with Crippen molar-refractivity contribution in [3.8, 4) is 0 Å². The summed E-state index contributed by atoms with van der Waals surface area (Å²) in [6.07, 6.45) is 1.12. The molecule has 0 spiro atoms. The van der Waals surface area contributed by atoms with Gasteiger partial charge in [-0.1, -0.05) is 13.8 Å². The molecule has 82 valence electrons. The van der Waals surface area contributed by atoms with Gasteiger partial charge in [-0.2, -0.15) is 10.2 Å². The standard InChI is InChI=1S/C11H13N5/c1-11(2)6-3-5-8(7(6)11)14-15-9(5)10-12-4-13-16-10/h6-7H,3-4H2,1-2H3,(H,14,15). The van der Waals surface area contributed by atoms with E-state index in [0.29, 0.717) is 18.0 Å². The normalized spacial score (nSPS) is 32.5. The zero-order valence-electron chi connectivity index (χ0n) is 9.36. The monoisotopic (exact) mass is 215 g/mol. The molecule has 1 aromatic heterocycles. The molecule has 1 aliphatic heterocycles. The number of amidine groups is 1. The van der Waals surface area contributed by atoms with Gasteiger partial charge in [0, 0.05) is 11.5 Å². The van der Waals surface area contributed by atoms with Gasteiger partial charge >= 0.3 is 0 Å². The molecule has 2 atom stereocenters. The molecule has 0 radical (unpaired) electrons. The molecule has 1 fully saturated rings. The summed E-state index contributed by atoms with van der Waals surface area (Å²) in [6.45, 7) is 5.11. The fraction of sp³-hybridized carbons (Fsp3) is 0.636. The molecule has 1 saturated carbocycles. The van der Waals surface area contributed by atoms with Crippen LogP contribution in [0.1, 0.15) is 36.7 Å². The molecule has 0 amide bonds. The molecule has 2 aliphatic carbocycles. The Kier molecular flexibility index (Phi) is 1.30. The van der Waals surface area contributed by atoms with Crippen LogP contribution in [0.2, 0.25) is 0 Å². The molecule has 1 aromatic rings. The fourth-order valence-electron chi connectivity index (χ4n) is 3.27. The van der Waals surface area contributed by atoms with E-state index >= 15 is 0 Å². The number of aromatic amines is 1. The van der Waals surface area contributed by atoms with E-state index in [-0.39, 0.29) is 0 Å². The maximum atomic E-state index is 4.45. The van der Waals surface area contributed by atoms with Gasteiger partial charge in [0.2, 0.25) is 0 Å². The van der Waals surface area contributed by atoms with E-state index < -0.39 is 0 Å². The van der Waals surface area contributed by atoms with Crippen LogP contribution in [0, 0.1) is 11.3 Å². The Bertz CT molecular complexity index is 537. The molecule has 16 heavy (non-hydrogen) atoms. The van der Waals surface area contributed by atoms with E-state index in [1.807, 2.05) is 0 Å². The zero-order chi connectivity index (χ0) is 10.9. The fourth-order valence-corrected chi connectivity index (χ4v) is 3.27. The van der Waals surface area contributed by atoms with Gasteiger partial charge in [-0.25, -0.2) is 4.99 Å². The van der Waals surface area contributed by atoms with Crippen molar-refractivity contribution in [3.63, 3.8) is 0 Å². The molecule has 5 heteroatoms. The van der Waals surface area contributed by atoms with E-state index in [4.69, 9.17) is 0 Å². The molecule has 0 saturated heterocycles. The molecule has 3 aliphatic rings. The van der Waals surface area contributed by atoms with Crippen LogP contribution >= 0.6 is 0 Å². The number of aliphatic imine (C=N–C) groups is 1. The second kappa shape index (κ2) is 2.42. The number of aromatic nitrogens is 2. The first-order valence-electron chi connectivity index (χ1n) is 5.69. The molecular formula is C11H13N5. The van der Waals surface area contributed by atoms with Crippen LogP contribution in [0.4, 0.5) is 0 Å². The van der Waals surface area contributed by atoms with Crippen molar-refractivity contribution in [1.82, 2.24) is 10.2 Å². The Morgan fingerprint density at radius 2 is 2.25 bits per heavy atom. The number of nitrogens with one attached hydrogen (secondary N) is 1. The average Bonchev–Trinajstić information content (AvgIpc) is 2.79. The summed E-state index contributed by atoms with van der Waals surface area (Å²) in [5.41, 5.74) is 4.02. The molecule has 2 unspecified atom stereocenters. The van der Waals surface area contributed by atoms with Gasteiger partial charge in [0.25, 0.3) is 0 Å². The summed E-state index contributed by atoms with van der Waals surface area (Å²) < 4.78 is 0. The minimum absolute atomic E-state index is 0.443. The Hall–Kier alpha value is -1.52. The Morgan fingerprint density at radius 3 is 3.00 bits per heavy atom. The molecule has 0 aromatic carbocycles. The minimum Gasteiger partial charge on any atom is -0.274 e. The van der Waals surface area contributed by atoms with E-state index in [1.165, 1.54) is 11.3 Å². The number of azo groups is 1. The van der Waals surface area contributed by atoms with E-state index in [9.17, 15) is 0 Å². The highest BCUT2D eigenvalue weighted by molar-refractivity contribution is 5.99. The van der Waals surface area contributed by atoms with Gasteiger partial charge < -0.3 is 0 Å². The predicted molar refractivity (Wildman–Crippen MR) is 58.6 cm³/mol. The first-order chi connectivity index (χ1) is 7.69. The second-order valence-corrected chi connectivity index (χ2v) is 5.44. The lowest BCUT2D eigenvalue weighted by Crippen LogP contribution is -2.03. The lowest BCUT2D eigenvalue weighted by molar-refractivity contribution is 0.539. The predicted octanol–water partition coefficient (Wildman–Crippen LogP) is 1.88. The minimum atomic E-state index is 0.443. The SMILES string of the molecule is CC1(C)C2Cc3c(n[nH]c3C3=NCN=N3)C21. The Morgan fingerprint density at radius 1 is 1.38 bits per heavy atom. The summed E-state index contributed by atoms with van der Waals surface area (Å²) >= 11 is 0. The first-order valence-corrected chi connectivity index (χ1v) is 5.69. The van der Waals surface area contributed by atoms with Crippen molar-refractivity contribution < 1.29 is 0 Å². The van der Waals surface area contributed by atoms with Crippen LogP contribution in [0.15, 0.2) is 15.2 Å². The van der Waals surface area contributed by atoms with Crippen LogP contribution in [0.5, 0.6) is 0 Å². The van der Waals surface area contributed by atoms with E-state index in [1.54, 1.807) is 0 Å². The topological polar surface area (TPSA) is 65.8 Å². The van der Waals surface area contributed by atoms with E-state index in [0.717, 1.165) is 23.9 Å². The number of rotatable bonds is 1. The highest BCUT2D eigenvalue weighted by atomic mass is 15.3. The van der Waals surface area contributed by atoms with Gasteiger partial charge in [-0.15, -0.1) is 5.11 Å². The number of hydrogen-bond donors (Lipinski definition) is 1. The van der Waals surface area contributed by atoms with Gasteiger partial charge in [0.1, 0.15) is 5.69 Å². The van der Waals surface area contributed by atoms with Crippen molar-refractivity contribution >= 4 is 5.84 Å². The molecule has 1 N–H and O–H groups in total. The second-order valence-electron chi connectivity index (χ2n) is 5.44. The summed E-state index contributed by atoms with van der Waals surface area (Å²) in [4.78, 5) is 4.24.